The van der Waals surface area contributed by atoms with E-state index in [2.05, 4.69) is 26.4 Å². The van der Waals surface area contributed by atoms with Gasteiger partial charge in [0.15, 0.2) is 0 Å². The van der Waals surface area contributed by atoms with Crippen molar-refractivity contribution in [1.29, 1.82) is 10.5 Å². The molecule has 0 bridgehead atoms. The Hall–Kier alpha value is -4.54. The maximum atomic E-state index is 12.3. The molecule has 0 aliphatic heterocycles. The molecule has 198 valence electrons. The molecule has 2 aromatic heterocycles. The first kappa shape index (κ1) is 26.1. The molecule has 10 heteroatoms. The summed E-state index contributed by atoms with van der Waals surface area (Å²) in [6.45, 7) is 1.81. The average molecular weight is 542 g/mol. The fraction of sp³-hybridized carbons (Fsp3) is 0.276. The van der Waals surface area contributed by atoms with Crippen LogP contribution in [0.5, 0.6) is 17.4 Å². The number of anilines is 1. The summed E-state index contributed by atoms with van der Waals surface area (Å²) in [6.07, 6.45) is 5.07. The van der Waals surface area contributed by atoms with Crippen LogP contribution in [-0.2, 0) is 10.0 Å². The number of benzene rings is 2. The van der Waals surface area contributed by atoms with Crippen molar-refractivity contribution in [2.24, 2.45) is 0 Å². The lowest BCUT2D eigenvalue weighted by Crippen LogP contribution is -2.18. The summed E-state index contributed by atoms with van der Waals surface area (Å²) in [4.78, 5) is 4.19. The van der Waals surface area contributed by atoms with Gasteiger partial charge in [-0.3, -0.25) is 4.72 Å². The predicted octanol–water partition coefficient (Wildman–Crippen LogP) is 6.12. The van der Waals surface area contributed by atoms with Crippen molar-refractivity contribution in [2.45, 2.75) is 38.6 Å². The molecule has 0 saturated heterocycles. The molecule has 1 saturated carbocycles. The third-order valence-corrected chi connectivity index (χ3v) is 8.33. The second kappa shape index (κ2) is 10.7. The summed E-state index contributed by atoms with van der Waals surface area (Å²) < 4.78 is 41.1. The largest absolute Gasteiger partial charge is 0.496 e. The normalized spacial score (nSPS) is 13.3. The SMILES string of the molecule is CCCS(=O)(=O)Nc1ccc(-c2c(C#N)c3ccc(Oc4ncccc4C#N)cc3n2C2CCC2)c(OC)c1. The summed E-state index contributed by atoms with van der Waals surface area (Å²) >= 11 is 0. The molecule has 0 atom stereocenters. The Bertz CT molecular complexity index is 1740. The lowest BCUT2D eigenvalue weighted by Gasteiger charge is -2.30. The highest BCUT2D eigenvalue weighted by atomic mass is 32.2. The van der Waals surface area contributed by atoms with Crippen LogP contribution in [0.4, 0.5) is 5.69 Å². The fourth-order valence-electron chi connectivity index (χ4n) is 4.87. The Kier molecular flexibility index (Phi) is 7.14. The Morgan fingerprint density at radius 3 is 2.62 bits per heavy atom. The number of hydrogen-bond acceptors (Lipinski definition) is 7. The Labute approximate surface area is 227 Å². The van der Waals surface area contributed by atoms with Crippen molar-refractivity contribution in [1.82, 2.24) is 9.55 Å². The molecular weight excluding hydrogens is 514 g/mol. The summed E-state index contributed by atoms with van der Waals surface area (Å²) in [6, 6.07) is 18.6. The van der Waals surface area contributed by atoms with Crippen LogP contribution in [0.2, 0.25) is 0 Å². The molecule has 1 fully saturated rings. The molecule has 2 aromatic carbocycles. The minimum absolute atomic E-state index is 0.0182. The molecule has 0 unspecified atom stereocenters. The molecule has 5 rings (SSSR count). The Balaban J connectivity index is 1.66. The van der Waals surface area contributed by atoms with Crippen LogP contribution in [0, 0.1) is 22.7 Å². The van der Waals surface area contributed by atoms with Gasteiger partial charge in [-0.1, -0.05) is 6.92 Å². The lowest BCUT2D eigenvalue weighted by atomic mass is 9.92. The third kappa shape index (κ3) is 4.99. The highest BCUT2D eigenvalue weighted by Gasteiger charge is 2.29. The monoisotopic (exact) mass is 541 g/mol. The molecular formula is C29H27N5O4S. The maximum absolute atomic E-state index is 12.3. The second-order valence-corrected chi connectivity index (χ2v) is 11.2. The van der Waals surface area contributed by atoms with Crippen molar-refractivity contribution in [2.75, 3.05) is 17.6 Å². The number of nitriles is 2. The number of ether oxygens (including phenoxy) is 2. The van der Waals surface area contributed by atoms with Crippen LogP contribution in [0.3, 0.4) is 0 Å². The van der Waals surface area contributed by atoms with E-state index in [0.717, 1.165) is 30.2 Å². The van der Waals surface area contributed by atoms with E-state index in [1.807, 2.05) is 12.1 Å². The van der Waals surface area contributed by atoms with E-state index in [9.17, 15) is 18.9 Å². The van der Waals surface area contributed by atoms with E-state index < -0.39 is 10.0 Å². The number of pyridine rings is 1. The molecule has 39 heavy (non-hydrogen) atoms. The van der Waals surface area contributed by atoms with Gasteiger partial charge < -0.3 is 14.0 Å². The lowest BCUT2D eigenvalue weighted by molar-refractivity contribution is 0.323. The zero-order chi connectivity index (χ0) is 27.6. The van der Waals surface area contributed by atoms with Crippen molar-refractivity contribution in [3.8, 4) is 40.8 Å². The number of nitrogens with zero attached hydrogens (tertiary/aromatic N) is 4. The van der Waals surface area contributed by atoms with Gasteiger partial charge >= 0.3 is 0 Å². The van der Waals surface area contributed by atoms with E-state index in [-0.39, 0.29) is 17.7 Å². The molecule has 1 N–H and O–H groups in total. The molecule has 0 spiro atoms. The van der Waals surface area contributed by atoms with Gasteiger partial charge in [0.1, 0.15) is 29.2 Å². The van der Waals surface area contributed by atoms with Gasteiger partial charge in [-0.25, -0.2) is 13.4 Å². The van der Waals surface area contributed by atoms with Crippen molar-refractivity contribution >= 4 is 26.6 Å². The van der Waals surface area contributed by atoms with Gasteiger partial charge in [0.2, 0.25) is 15.9 Å². The predicted molar refractivity (Wildman–Crippen MR) is 148 cm³/mol. The first-order valence-electron chi connectivity index (χ1n) is 12.7. The minimum atomic E-state index is -3.47. The topological polar surface area (TPSA) is 130 Å². The number of sulfonamides is 1. The molecule has 2 heterocycles. The first-order valence-corrected chi connectivity index (χ1v) is 14.3. The van der Waals surface area contributed by atoms with Gasteiger partial charge in [0.05, 0.1) is 35.3 Å². The van der Waals surface area contributed by atoms with Crippen LogP contribution in [0.1, 0.15) is 49.8 Å². The van der Waals surface area contributed by atoms with Gasteiger partial charge in [-0.2, -0.15) is 10.5 Å². The second-order valence-electron chi connectivity index (χ2n) is 9.38. The van der Waals surface area contributed by atoms with Crippen LogP contribution in [-0.4, -0.2) is 30.8 Å². The van der Waals surface area contributed by atoms with Crippen LogP contribution in [0.15, 0.2) is 54.7 Å². The zero-order valence-electron chi connectivity index (χ0n) is 21.6. The summed E-state index contributed by atoms with van der Waals surface area (Å²) in [7, 11) is -1.95. The minimum Gasteiger partial charge on any atom is -0.496 e. The van der Waals surface area contributed by atoms with E-state index in [0.29, 0.717) is 46.0 Å². The molecule has 0 radical (unpaired) electrons. The zero-order valence-corrected chi connectivity index (χ0v) is 22.5. The van der Waals surface area contributed by atoms with E-state index in [1.54, 1.807) is 49.5 Å². The van der Waals surface area contributed by atoms with Crippen LogP contribution >= 0.6 is 0 Å². The van der Waals surface area contributed by atoms with E-state index in [4.69, 9.17) is 9.47 Å². The number of rotatable bonds is 9. The smallest absolute Gasteiger partial charge is 0.237 e. The first-order chi connectivity index (χ1) is 18.9. The van der Waals surface area contributed by atoms with E-state index in [1.165, 1.54) is 7.11 Å². The van der Waals surface area contributed by atoms with Crippen LogP contribution in [0.25, 0.3) is 22.2 Å². The summed E-state index contributed by atoms with van der Waals surface area (Å²) in [5, 5.41) is 20.5. The Morgan fingerprint density at radius 2 is 1.95 bits per heavy atom. The Morgan fingerprint density at radius 1 is 1.13 bits per heavy atom. The standard InChI is InChI=1S/C29H27N5O4S/c1-3-14-39(35,36)33-20-9-11-24(27(15-20)37-2)28-25(18-31)23-12-10-22(16-26(23)34(28)21-7-4-8-21)38-29-19(17-30)6-5-13-32-29/h5-6,9-13,15-16,21,33H,3-4,7-8,14H2,1-2H3. The quantitative estimate of drug-likeness (QED) is 0.270. The van der Waals surface area contributed by atoms with Gasteiger partial charge in [0.25, 0.3) is 0 Å². The number of fused-ring (bicyclic) bond motifs is 1. The number of methoxy groups -OCH3 is 1. The third-order valence-electron chi connectivity index (χ3n) is 6.84. The van der Waals surface area contributed by atoms with Crippen molar-refractivity contribution in [3.05, 3.63) is 65.9 Å². The summed E-state index contributed by atoms with van der Waals surface area (Å²) in [5.74, 6) is 1.18. The number of aromatic nitrogens is 2. The van der Waals surface area contributed by atoms with Crippen molar-refractivity contribution in [3.63, 3.8) is 0 Å². The molecule has 1 aliphatic rings. The van der Waals surface area contributed by atoms with Crippen LogP contribution < -0.4 is 14.2 Å². The highest BCUT2D eigenvalue weighted by molar-refractivity contribution is 7.92. The number of nitrogens with one attached hydrogen (secondary N) is 1. The maximum Gasteiger partial charge on any atom is 0.237 e. The van der Waals surface area contributed by atoms with Gasteiger partial charge in [-0.05, 0) is 62.1 Å². The van der Waals surface area contributed by atoms with Crippen molar-refractivity contribution < 1.29 is 17.9 Å². The molecule has 0 amide bonds. The molecule has 9 nitrogen and oxygen atoms in total. The molecule has 1 aliphatic carbocycles. The van der Waals surface area contributed by atoms with Gasteiger partial charge in [-0.15, -0.1) is 0 Å². The summed E-state index contributed by atoms with van der Waals surface area (Å²) in [5.41, 5.74) is 3.45. The fourth-order valence-corrected chi connectivity index (χ4v) is 6.00. The molecule has 4 aromatic rings. The average Bonchev–Trinajstić information content (AvgIpc) is 3.20. The van der Waals surface area contributed by atoms with Gasteiger partial charge in [0, 0.05) is 35.3 Å². The number of hydrogen-bond donors (Lipinski definition) is 1. The van der Waals surface area contributed by atoms with E-state index >= 15 is 0 Å². The highest BCUT2D eigenvalue weighted by Crippen LogP contribution is 2.46.